The summed E-state index contributed by atoms with van der Waals surface area (Å²) in [5.41, 5.74) is 0. The predicted octanol–water partition coefficient (Wildman–Crippen LogP) is 1.37. The van der Waals surface area contributed by atoms with Gasteiger partial charge in [0.05, 0.1) is 12.6 Å². The van der Waals surface area contributed by atoms with E-state index in [9.17, 15) is 9.59 Å². The average molecular weight is 306 g/mol. The number of nitrogens with zero attached hydrogens (tertiary/aromatic N) is 1. The molecule has 1 aromatic heterocycles. The van der Waals surface area contributed by atoms with Crippen LogP contribution in [0, 0.1) is 6.92 Å². The van der Waals surface area contributed by atoms with Crippen LogP contribution in [0.15, 0.2) is 16.5 Å². The third-order valence-electron chi connectivity index (χ3n) is 4.28. The lowest BCUT2D eigenvalue weighted by molar-refractivity contribution is -0.136. The zero-order valence-electron chi connectivity index (χ0n) is 12.8. The van der Waals surface area contributed by atoms with E-state index in [2.05, 4.69) is 5.32 Å². The molecule has 22 heavy (non-hydrogen) atoms. The van der Waals surface area contributed by atoms with Gasteiger partial charge in [-0.2, -0.15) is 0 Å². The van der Waals surface area contributed by atoms with Crippen molar-refractivity contribution in [2.24, 2.45) is 0 Å². The molecule has 6 nitrogen and oxygen atoms in total. The smallest absolute Gasteiger partial charge is 0.242 e. The number of hydrogen-bond donors (Lipinski definition) is 1. The summed E-state index contributed by atoms with van der Waals surface area (Å²) in [7, 11) is 0. The van der Waals surface area contributed by atoms with E-state index in [0.29, 0.717) is 31.7 Å². The van der Waals surface area contributed by atoms with E-state index in [-0.39, 0.29) is 17.9 Å². The summed E-state index contributed by atoms with van der Waals surface area (Å²) in [6.45, 7) is 3.51. The van der Waals surface area contributed by atoms with Gasteiger partial charge in [0.2, 0.25) is 11.8 Å². The SMILES string of the molecule is Cc1ccc(CN2C(=O)CC[C@@H]2C(=O)NC[C@@H]2CCCO2)o1. The zero-order chi connectivity index (χ0) is 15.5. The fourth-order valence-electron chi connectivity index (χ4n) is 3.08. The lowest BCUT2D eigenvalue weighted by Gasteiger charge is -2.23. The van der Waals surface area contributed by atoms with Gasteiger partial charge in [-0.1, -0.05) is 0 Å². The monoisotopic (exact) mass is 306 g/mol. The first-order valence-corrected chi connectivity index (χ1v) is 7.87. The molecule has 0 aromatic carbocycles. The number of rotatable bonds is 5. The fourth-order valence-corrected chi connectivity index (χ4v) is 3.08. The zero-order valence-corrected chi connectivity index (χ0v) is 12.8. The number of aryl methyl sites for hydroxylation is 1. The van der Waals surface area contributed by atoms with Crippen LogP contribution < -0.4 is 5.32 Å². The Labute approximate surface area is 129 Å². The second-order valence-electron chi connectivity index (χ2n) is 5.97. The lowest BCUT2D eigenvalue weighted by atomic mass is 10.2. The molecule has 2 aliphatic rings. The Morgan fingerprint density at radius 1 is 1.41 bits per heavy atom. The molecule has 0 bridgehead atoms. The summed E-state index contributed by atoms with van der Waals surface area (Å²) in [6, 6.07) is 3.31. The number of carbonyl (C=O) groups excluding carboxylic acids is 2. The number of furan rings is 1. The van der Waals surface area contributed by atoms with Crippen LogP contribution in [0.3, 0.4) is 0 Å². The molecule has 2 atom stereocenters. The van der Waals surface area contributed by atoms with E-state index in [4.69, 9.17) is 9.15 Å². The Morgan fingerprint density at radius 2 is 2.27 bits per heavy atom. The highest BCUT2D eigenvalue weighted by Crippen LogP contribution is 2.22. The van der Waals surface area contributed by atoms with Gasteiger partial charge in [-0.25, -0.2) is 0 Å². The number of carbonyl (C=O) groups is 2. The molecular weight excluding hydrogens is 284 g/mol. The number of ether oxygens (including phenoxy) is 1. The van der Waals surface area contributed by atoms with E-state index in [1.807, 2.05) is 19.1 Å². The topological polar surface area (TPSA) is 71.8 Å². The second-order valence-corrected chi connectivity index (χ2v) is 5.97. The first kappa shape index (κ1) is 15.1. The fraction of sp³-hybridized carbons (Fsp3) is 0.625. The molecule has 0 radical (unpaired) electrons. The maximum atomic E-state index is 12.4. The molecule has 2 fully saturated rings. The molecule has 2 saturated heterocycles. The second kappa shape index (κ2) is 6.52. The summed E-state index contributed by atoms with van der Waals surface area (Å²) < 4.78 is 11.0. The number of amides is 2. The van der Waals surface area contributed by atoms with Crippen molar-refractivity contribution in [1.82, 2.24) is 10.2 Å². The maximum absolute atomic E-state index is 12.4. The molecule has 0 unspecified atom stereocenters. The highest BCUT2D eigenvalue weighted by Gasteiger charge is 2.36. The van der Waals surface area contributed by atoms with Crippen molar-refractivity contribution in [3.8, 4) is 0 Å². The van der Waals surface area contributed by atoms with Crippen molar-refractivity contribution in [3.05, 3.63) is 23.7 Å². The van der Waals surface area contributed by atoms with Gasteiger partial charge in [-0.3, -0.25) is 9.59 Å². The average Bonchev–Trinajstić information content (AvgIpc) is 3.21. The molecule has 6 heteroatoms. The summed E-state index contributed by atoms with van der Waals surface area (Å²) in [4.78, 5) is 26.0. The van der Waals surface area contributed by atoms with Crippen LogP contribution >= 0.6 is 0 Å². The van der Waals surface area contributed by atoms with Gasteiger partial charge in [0.15, 0.2) is 0 Å². The van der Waals surface area contributed by atoms with Crippen molar-refractivity contribution in [1.29, 1.82) is 0 Å². The number of nitrogens with one attached hydrogen (secondary N) is 1. The summed E-state index contributed by atoms with van der Waals surface area (Å²) in [5.74, 6) is 1.43. The molecule has 0 aliphatic carbocycles. The molecule has 1 aromatic rings. The van der Waals surface area contributed by atoms with Gasteiger partial charge < -0.3 is 19.4 Å². The minimum absolute atomic E-state index is 0.00585. The highest BCUT2D eigenvalue weighted by atomic mass is 16.5. The van der Waals surface area contributed by atoms with E-state index < -0.39 is 6.04 Å². The minimum atomic E-state index is -0.403. The Balaban J connectivity index is 1.58. The van der Waals surface area contributed by atoms with Gasteiger partial charge in [0, 0.05) is 19.6 Å². The molecule has 2 aliphatic heterocycles. The third kappa shape index (κ3) is 3.32. The van der Waals surface area contributed by atoms with Crippen LogP contribution in [-0.2, 0) is 20.9 Å². The molecule has 3 rings (SSSR count). The van der Waals surface area contributed by atoms with Crippen molar-refractivity contribution >= 4 is 11.8 Å². The molecule has 2 amide bonds. The van der Waals surface area contributed by atoms with E-state index in [1.165, 1.54) is 0 Å². The standard InChI is InChI=1S/C16H22N2O4/c1-11-4-5-13(22-11)10-18-14(6-7-15(18)19)16(20)17-9-12-3-2-8-21-12/h4-5,12,14H,2-3,6-10H2,1H3,(H,17,20)/t12-,14+/m0/s1. The van der Waals surface area contributed by atoms with Gasteiger partial charge in [0.25, 0.3) is 0 Å². The third-order valence-corrected chi connectivity index (χ3v) is 4.28. The van der Waals surface area contributed by atoms with Crippen molar-refractivity contribution in [2.45, 2.75) is 51.3 Å². The first-order valence-electron chi connectivity index (χ1n) is 7.87. The normalized spacial score (nSPS) is 25.0. The number of likely N-dealkylation sites (tertiary alicyclic amines) is 1. The molecule has 0 saturated carbocycles. The van der Waals surface area contributed by atoms with Crippen LogP contribution in [0.1, 0.15) is 37.2 Å². The summed E-state index contributed by atoms with van der Waals surface area (Å²) in [5, 5.41) is 2.92. The Bertz CT molecular complexity index is 548. The molecule has 3 heterocycles. The van der Waals surface area contributed by atoms with Crippen LogP contribution in [0.4, 0.5) is 0 Å². The predicted molar refractivity (Wildman–Crippen MR) is 79.0 cm³/mol. The van der Waals surface area contributed by atoms with Crippen molar-refractivity contribution in [3.63, 3.8) is 0 Å². The summed E-state index contributed by atoms with van der Waals surface area (Å²) >= 11 is 0. The molecular formula is C16H22N2O4. The first-order chi connectivity index (χ1) is 10.6. The Kier molecular flexibility index (Phi) is 4.47. The quantitative estimate of drug-likeness (QED) is 0.892. The van der Waals surface area contributed by atoms with Gasteiger partial charge >= 0.3 is 0 Å². The Morgan fingerprint density at radius 3 is 2.95 bits per heavy atom. The largest absolute Gasteiger partial charge is 0.464 e. The van der Waals surface area contributed by atoms with Crippen molar-refractivity contribution < 1.29 is 18.7 Å². The van der Waals surface area contributed by atoms with Crippen LogP contribution in [0.2, 0.25) is 0 Å². The van der Waals surface area contributed by atoms with Crippen LogP contribution in [0.5, 0.6) is 0 Å². The van der Waals surface area contributed by atoms with Gasteiger partial charge in [0.1, 0.15) is 17.6 Å². The van der Waals surface area contributed by atoms with Gasteiger partial charge in [-0.05, 0) is 38.3 Å². The van der Waals surface area contributed by atoms with Crippen molar-refractivity contribution in [2.75, 3.05) is 13.2 Å². The lowest BCUT2D eigenvalue weighted by Crippen LogP contribution is -2.46. The van der Waals surface area contributed by atoms with E-state index in [1.54, 1.807) is 4.90 Å². The van der Waals surface area contributed by atoms with E-state index >= 15 is 0 Å². The Hall–Kier alpha value is -1.82. The van der Waals surface area contributed by atoms with Gasteiger partial charge in [-0.15, -0.1) is 0 Å². The van der Waals surface area contributed by atoms with Crippen LogP contribution in [0.25, 0.3) is 0 Å². The molecule has 0 spiro atoms. The summed E-state index contributed by atoms with van der Waals surface area (Å²) in [6.07, 6.45) is 3.13. The number of hydrogen-bond acceptors (Lipinski definition) is 4. The molecule has 1 N–H and O–H groups in total. The maximum Gasteiger partial charge on any atom is 0.242 e. The van der Waals surface area contributed by atoms with Crippen LogP contribution in [-0.4, -0.2) is 42.0 Å². The van der Waals surface area contributed by atoms with E-state index in [0.717, 1.165) is 25.2 Å². The molecule has 120 valence electrons. The highest BCUT2D eigenvalue weighted by molar-refractivity contribution is 5.90. The minimum Gasteiger partial charge on any atom is -0.464 e.